The number of hydrazine groups is 1. The van der Waals surface area contributed by atoms with E-state index in [1.807, 2.05) is 12.1 Å². The summed E-state index contributed by atoms with van der Waals surface area (Å²) in [6.07, 6.45) is 4.27. The van der Waals surface area contributed by atoms with Crippen LogP contribution in [0.4, 0.5) is 5.69 Å². The maximum atomic E-state index is 13.8. The van der Waals surface area contributed by atoms with Crippen LogP contribution < -0.4 is 15.8 Å². The highest BCUT2D eigenvalue weighted by molar-refractivity contribution is 7.91. The molecule has 0 radical (unpaired) electrons. The van der Waals surface area contributed by atoms with Crippen molar-refractivity contribution < 1.29 is 18.0 Å². The van der Waals surface area contributed by atoms with Crippen LogP contribution in [0, 0.1) is 5.92 Å². The van der Waals surface area contributed by atoms with Crippen molar-refractivity contribution in [1.82, 2.24) is 15.6 Å². The number of halogens is 1. The highest BCUT2D eigenvalue weighted by atomic mass is 35.5. The molecule has 1 fully saturated rings. The van der Waals surface area contributed by atoms with Crippen LogP contribution in [0.15, 0.2) is 107 Å². The lowest BCUT2D eigenvalue weighted by Crippen LogP contribution is -2.43. The Balaban J connectivity index is 1.11. The van der Waals surface area contributed by atoms with E-state index >= 15 is 0 Å². The highest BCUT2D eigenvalue weighted by Gasteiger charge is 2.36. The van der Waals surface area contributed by atoms with Crippen molar-refractivity contribution in [1.29, 1.82) is 0 Å². The van der Waals surface area contributed by atoms with Crippen molar-refractivity contribution in [3.63, 3.8) is 0 Å². The van der Waals surface area contributed by atoms with Gasteiger partial charge in [0.1, 0.15) is 0 Å². The Morgan fingerprint density at radius 2 is 1.57 bits per heavy atom. The molecule has 4 aromatic carbocycles. The lowest BCUT2D eigenvalue weighted by molar-refractivity contribution is 0.0945. The number of carbonyl (C=O) groups is 2. The third-order valence-corrected chi connectivity index (χ3v) is 10.8. The molecule has 4 aromatic rings. The van der Waals surface area contributed by atoms with Crippen LogP contribution in [0.3, 0.4) is 0 Å². The third kappa shape index (κ3) is 7.18. The minimum atomic E-state index is -4.05. The Labute approximate surface area is 275 Å². The molecule has 0 bridgehead atoms. The van der Waals surface area contributed by atoms with E-state index in [-0.39, 0.29) is 39.1 Å². The van der Waals surface area contributed by atoms with Crippen LogP contribution in [-0.4, -0.2) is 51.3 Å². The first-order valence-electron chi connectivity index (χ1n) is 15.6. The van der Waals surface area contributed by atoms with Crippen molar-refractivity contribution in [2.75, 3.05) is 31.2 Å². The summed E-state index contributed by atoms with van der Waals surface area (Å²) in [5, 5.41) is 4.79. The van der Waals surface area contributed by atoms with Gasteiger partial charge in [-0.25, -0.2) is 18.9 Å². The Kier molecular flexibility index (Phi) is 9.84. The zero-order valence-corrected chi connectivity index (χ0v) is 27.1. The van der Waals surface area contributed by atoms with Gasteiger partial charge in [-0.1, -0.05) is 66.2 Å². The van der Waals surface area contributed by atoms with Gasteiger partial charge >= 0.3 is 0 Å². The number of nitrogens with one attached hydrogen (secondary N) is 2. The van der Waals surface area contributed by atoms with Crippen molar-refractivity contribution >= 4 is 38.9 Å². The fourth-order valence-corrected chi connectivity index (χ4v) is 7.92. The molecule has 0 aromatic heterocycles. The van der Waals surface area contributed by atoms with E-state index in [1.165, 1.54) is 53.7 Å². The second-order valence-electron chi connectivity index (χ2n) is 11.9. The fourth-order valence-electron chi connectivity index (χ4n) is 6.18. The average Bonchev–Trinajstić information content (AvgIpc) is 3.14. The molecule has 6 rings (SSSR count). The zero-order valence-electron chi connectivity index (χ0n) is 25.5. The highest BCUT2D eigenvalue weighted by Crippen LogP contribution is 2.37. The van der Waals surface area contributed by atoms with Crippen LogP contribution in [-0.2, 0) is 22.8 Å². The molecule has 46 heavy (non-hydrogen) atoms. The number of benzene rings is 4. The molecule has 2 aliphatic heterocycles. The van der Waals surface area contributed by atoms with Crippen molar-refractivity contribution in [3.05, 3.63) is 124 Å². The lowest BCUT2D eigenvalue weighted by atomic mass is 9.90. The molecule has 2 aliphatic rings. The number of piperidine rings is 1. The van der Waals surface area contributed by atoms with Crippen LogP contribution in [0.1, 0.15) is 51.1 Å². The van der Waals surface area contributed by atoms with Crippen molar-refractivity contribution in [2.45, 2.75) is 42.0 Å². The van der Waals surface area contributed by atoms with E-state index in [0.29, 0.717) is 17.5 Å². The number of likely N-dealkylation sites (tertiary alicyclic amines) is 1. The summed E-state index contributed by atoms with van der Waals surface area (Å²) in [6, 6.07) is 28.3. The van der Waals surface area contributed by atoms with E-state index in [1.54, 1.807) is 24.3 Å². The fraction of sp³-hybridized carbons (Fsp3) is 0.278. The number of sulfone groups is 1. The van der Waals surface area contributed by atoms with Gasteiger partial charge in [-0.15, -0.1) is 0 Å². The minimum Gasteiger partial charge on any atom is -0.352 e. The maximum absolute atomic E-state index is 13.8. The summed E-state index contributed by atoms with van der Waals surface area (Å²) in [6.45, 7) is 3.72. The minimum absolute atomic E-state index is 0.0532. The van der Waals surface area contributed by atoms with Crippen LogP contribution in [0.25, 0.3) is 0 Å². The number of hydrogen-bond acceptors (Lipinski definition) is 6. The van der Waals surface area contributed by atoms with Crippen LogP contribution in [0.2, 0.25) is 5.02 Å². The predicted molar refractivity (Wildman–Crippen MR) is 180 cm³/mol. The summed E-state index contributed by atoms with van der Waals surface area (Å²) in [7, 11) is -4.05. The number of amides is 2. The number of fused-ring (bicyclic) bond motifs is 2. The lowest BCUT2D eigenvalue weighted by Gasteiger charge is -2.32. The first-order chi connectivity index (χ1) is 22.3. The number of carbonyl (C=O) groups excluding carboxylic acids is 2. The summed E-state index contributed by atoms with van der Waals surface area (Å²) >= 11 is 6.03. The Morgan fingerprint density at radius 1 is 0.848 bits per heavy atom. The van der Waals surface area contributed by atoms with E-state index < -0.39 is 15.7 Å². The van der Waals surface area contributed by atoms with Crippen molar-refractivity contribution in [2.24, 2.45) is 5.92 Å². The number of nitrogens with zero attached hydrogens (tertiary/aromatic N) is 2. The molecule has 2 amide bonds. The van der Waals surface area contributed by atoms with Gasteiger partial charge in [0.25, 0.3) is 11.8 Å². The Bertz CT molecular complexity index is 1810. The van der Waals surface area contributed by atoms with Gasteiger partial charge in [-0.05, 0) is 105 Å². The van der Waals surface area contributed by atoms with Crippen LogP contribution >= 0.6 is 11.6 Å². The van der Waals surface area contributed by atoms with Gasteiger partial charge in [0.2, 0.25) is 9.84 Å². The Morgan fingerprint density at radius 3 is 2.33 bits per heavy atom. The number of anilines is 1. The van der Waals surface area contributed by atoms with Crippen LogP contribution in [0.5, 0.6) is 0 Å². The second kappa shape index (κ2) is 14.2. The quantitative estimate of drug-likeness (QED) is 0.206. The first-order valence-corrected chi connectivity index (χ1v) is 17.5. The van der Waals surface area contributed by atoms with E-state index in [0.717, 1.165) is 38.0 Å². The molecule has 238 valence electrons. The maximum Gasteiger partial charge on any atom is 0.274 e. The number of hydrogen-bond donors (Lipinski definition) is 2. The molecule has 0 aliphatic carbocycles. The smallest absolute Gasteiger partial charge is 0.274 e. The Hall–Kier alpha value is -4.02. The molecular weight excluding hydrogens is 620 g/mol. The summed E-state index contributed by atoms with van der Waals surface area (Å²) in [5.74, 6) is -0.152. The van der Waals surface area contributed by atoms with E-state index in [2.05, 4.69) is 46.0 Å². The van der Waals surface area contributed by atoms with Gasteiger partial charge in [0.15, 0.2) is 0 Å². The van der Waals surface area contributed by atoms with E-state index in [4.69, 9.17) is 11.6 Å². The van der Waals surface area contributed by atoms with Crippen molar-refractivity contribution in [3.8, 4) is 0 Å². The molecule has 10 heteroatoms. The average molecular weight is 657 g/mol. The molecule has 8 nitrogen and oxygen atoms in total. The van der Waals surface area contributed by atoms with E-state index in [9.17, 15) is 18.0 Å². The van der Waals surface area contributed by atoms with Gasteiger partial charge in [0.05, 0.1) is 21.0 Å². The summed E-state index contributed by atoms with van der Waals surface area (Å²) in [4.78, 5) is 29.4. The molecule has 0 saturated carbocycles. The molecule has 0 unspecified atom stereocenters. The van der Waals surface area contributed by atoms with Gasteiger partial charge < -0.3 is 10.2 Å². The first kappa shape index (κ1) is 31.9. The SMILES string of the molecule is O=C(NCCCN1CCC(Cc2ccccc2)CC1)c1ccc2c(c1)N(NCc1ccc(Cl)cc1)C(=O)c1ccccc1S2(=O)=O. The molecule has 0 atom stereocenters. The van der Waals surface area contributed by atoms with Gasteiger partial charge in [-0.2, -0.15) is 0 Å². The van der Waals surface area contributed by atoms with Gasteiger partial charge in [-0.3, -0.25) is 9.59 Å². The molecule has 2 heterocycles. The summed E-state index contributed by atoms with van der Waals surface area (Å²) < 4.78 is 27.5. The molecule has 0 spiro atoms. The monoisotopic (exact) mass is 656 g/mol. The van der Waals surface area contributed by atoms with Gasteiger partial charge in [0, 0.05) is 23.7 Å². The topological polar surface area (TPSA) is 98.8 Å². The third-order valence-electron chi connectivity index (χ3n) is 8.73. The second-order valence-corrected chi connectivity index (χ2v) is 14.2. The molecular formula is C36H37ClN4O4S. The standard InChI is InChI=1S/C36H37ClN4O4S/c37-30-14-11-28(12-15-30)25-39-41-32-24-29(13-16-34(32)46(44,45)33-10-5-4-9-31(33)36(41)43)35(42)38-19-6-20-40-21-17-27(18-22-40)23-26-7-2-1-3-8-26/h1-5,7-16,24,27,39H,6,17-23,25H2,(H,38,42). The largest absolute Gasteiger partial charge is 0.352 e. The predicted octanol–water partition coefficient (Wildman–Crippen LogP) is 5.91. The normalized spacial score (nSPS) is 16.4. The summed E-state index contributed by atoms with van der Waals surface area (Å²) in [5.41, 5.74) is 5.75. The number of rotatable bonds is 10. The molecule has 1 saturated heterocycles. The zero-order chi connectivity index (χ0) is 32.1. The molecule has 2 N–H and O–H groups in total.